The summed E-state index contributed by atoms with van der Waals surface area (Å²) >= 11 is 1.79. The number of nitriles is 1. The zero-order chi connectivity index (χ0) is 26.6. The van der Waals surface area contributed by atoms with Crippen molar-refractivity contribution in [2.75, 3.05) is 0 Å². The molecule has 0 amide bonds. The molecule has 8 rings (SSSR count). The van der Waals surface area contributed by atoms with Crippen LogP contribution >= 0.6 is 11.3 Å². The molecule has 5 aromatic carbocycles. The van der Waals surface area contributed by atoms with Gasteiger partial charge in [0.2, 0.25) is 0 Å². The van der Waals surface area contributed by atoms with Crippen LogP contribution in [0.2, 0.25) is 0 Å². The van der Waals surface area contributed by atoms with Crippen LogP contribution in [0, 0.1) is 11.3 Å². The molecule has 5 heteroatoms. The third kappa shape index (κ3) is 3.37. The van der Waals surface area contributed by atoms with Crippen molar-refractivity contribution in [3.05, 3.63) is 127 Å². The maximum atomic E-state index is 10.2. The van der Waals surface area contributed by atoms with E-state index in [1.807, 2.05) is 48.5 Å². The Morgan fingerprint density at radius 2 is 1.38 bits per heavy atom. The van der Waals surface area contributed by atoms with E-state index in [1.54, 1.807) is 11.3 Å². The molecule has 0 unspecified atom stereocenters. The average Bonchev–Trinajstić information content (AvgIpc) is 3.55. The predicted octanol–water partition coefficient (Wildman–Crippen LogP) is 9.15. The van der Waals surface area contributed by atoms with E-state index in [1.165, 1.54) is 20.2 Å². The lowest BCUT2D eigenvalue weighted by molar-refractivity contribution is 1.16. The number of aromatic nitrogens is 3. The zero-order valence-electron chi connectivity index (χ0n) is 21.2. The molecule has 3 aromatic heterocycles. The lowest BCUT2D eigenvalue weighted by Crippen LogP contribution is -2.00. The molecule has 0 fully saturated rings. The first-order chi connectivity index (χ1) is 19.8. The first kappa shape index (κ1) is 22.7. The molecule has 0 bridgehead atoms. The second kappa shape index (κ2) is 8.88. The molecule has 186 valence electrons. The third-order valence-corrected chi connectivity index (χ3v) is 8.64. The van der Waals surface area contributed by atoms with Crippen LogP contribution in [0.1, 0.15) is 5.56 Å². The van der Waals surface area contributed by atoms with Crippen LogP contribution in [0.5, 0.6) is 0 Å². The van der Waals surface area contributed by atoms with Crippen molar-refractivity contribution in [3.8, 4) is 34.4 Å². The molecule has 0 saturated carbocycles. The second-order valence-electron chi connectivity index (χ2n) is 9.75. The normalized spacial score (nSPS) is 11.5. The summed E-state index contributed by atoms with van der Waals surface area (Å²) in [6.45, 7) is 0. The third-order valence-electron chi connectivity index (χ3n) is 7.45. The standard InChI is InChI=1S/C35H20N4S/c36-21-24-19-18-23(35-37-28-15-7-4-12-25(28)32(38-35)22-10-2-1-3-11-22)20-30(24)39-29-16-8-5-13-26(29)34-33(39)27-14-6-9-17-31(27)40-34/h1-20H. The number of fused-ring (bicyclic) bond motifs is 6. The van der Waals surface area contributed by atoms with Crippen molar-refractivity contribution in [2.24, 2.45) is 0 Å². The van der Waals surface area contributed by atoms with Gasteiger partial charge in [-0.25, -0.2) is 9.97 Å². The van der Waals surface area contributed by atoms with E-state index in [4.69, 9.17) is 9.97 Å². The van der Waals surface area contributed by atoms with E-state index >= 15 is 0 Å². The molecule has 40 heavy (non-hydrogen) atoms. The fourth-order valence-corrected chi connectivity index (χ4v) is 6.86. The molecular weight excluding hydrogens is 508 g/mol. The van der Waals surface area contributed by atoms with Crippen molar-refractivity contribution in [3.63, 3.8) is 0 Å². The van der Waals surface area contributed by atoms with E-state index in [0.717, 1.165) is 44.4 Å². The van der Waals surface area contributed by atoms with Gasteiger partial charge in [0, 0.05) is 32.0 Å². The fourth-order valence-electron chi connectivity index (χ4n) is 5.64. The zero-order valence-corrected chi connectivity index (χ0v) is 22.1. The summed E-state index contributed by atoms with van der Waals surface area (Å²) in [5.41, 5.74) is 7.31. The summed E-state index contributed by atoms with van der Waals surface area (Å²) in [5, 5.41) is 13.6. The Bertz CT molecular complexity index is 2280. The van der Waals surface area contributed by atoms with Crippen LogP contribution < -0.4 is 0 Å². The second-order valence-corrected chi connectivity index (χ2v) is 10.8. The summed E-state index contributed by atoms with van der Waals surface area (Å²) in [7, 11) is 0. The number of hydrogen-bond acceptors (Lipinski definition) is 4. The van der Waals surface area contributed by atoms with E-state index in [9.17, 15) is 5.26 Å². The van der Waals surface area contributed by atoms with Crippen LogP contribution in [0.4, 0.5) is 0 Å². The molecule has 0 atom stereocenters. The minimum atomic E-state index is 0.603. The van der Waals surface area contributed by atoms with Crippen LogP contribution in [0.15, 0.2) is 121 Å². The van der Waals surface area contributed by atoms with Gasteiger partial charge in [-0.1, -0.05) is 84.9 Å². The molecule has 0 radical (unpaired) electrons. The van der Waals surface area contributed by atoms with Gasteiger partial charge >= 0.3 is 0 Å². The quantitative estimate of drug-likeness (QED) is 0.230. The Hall–Kier alpha value is -5.31. The molecule has 3 heterocycles. The summed E-state index contributed by atoms with van der Waals surface area (Å²) in [5.74, 6) is 0.631. The van der Waals surface area contributed by atoms with Crippen LogP contribution in [0.25, 0.3) is 70.4 Å². The van der Waals surface area contributed by atoms with Gasteiger partial charge < -0.3 is 4.57 Å². The smallest absolute Gasteiger partial charge is 0.160 e. The number of rotatable bonds is 3. The molecular formula is C35H20N4S. The van der Waals surface area contributed by atoms with Gasteiger partial charge in [-0.3, -0.25) is 0 Å². The van der Waals surface area contributed by atoms with Gasteiger partial charge in [0.15, 0.2) is 5.82 Å². The van der Waals surface area contributed by atoms with Gasteiger partial charge in [0.25, 0.3) is 0 Å². The topological polar surface area (TPSA) is 54.5 Å². The molecule has 0 aliphatic heterocycles. The van der Waals surface area contributed by atoms with Gasteiger partial charge in [-0.05, 0) is 36.4 Å². The van der Waals surface area contributed by atoms with Gasteiger partial charge in [0.05, 0.1) is 38.2 Å². The van der Waals surface area contributed by atoms with Crippen molar-refractivity contribution < 1.29 is 0 Å². The Labute approximate surface area is 234 Å². The van der Waals surface area contributed by atoms with Crippen molar-refractivity contribution >= 4 is 53.4 Å². The van der Waals surface area contributed by atoms with Gasteiger partial charge in [-0.15, -0.1) is 11.3 Å². The molecule has 4 nitrogen and oxygen atoms in total. The summed E-state index contributed by atoms with van der Waals surface area (Å²) in [4.78, 5) is 10.1. The SMILES string of the molecule is N#Cc1ccc(-c2nc(-c3ccccc3)c3ccccc3n2)cc1-n1c2ccccc2c2sc3ccccc3c21. The Morgan fingerprint density at radius 1 is 0.650 bits per heavy atom. The van der Waals surface area contributed by atoms with Crippen molar-refractivity contribution in [1.29, 1.82) is 5.26 Å². The predicted molar refractivity (Wildman–Crippen MR) is 165 cm³/mol. The molecule has 0 spiro atoms. The minimum absolute atomic E-state index is 0.603. The molecule has 0 N–H and O–H groups in total. The van der Waals surface area contributed by atoms with E-state index in [0.29, 0.717) is 11.4 Å². The number of thiophene rings is 1. The lowest BCUT2D eigenvalue weighted by atomic mass is 10.0. The lowest BCUT2D eigenvalue weighted by Gasteiger charge is -2.13. The largest absolute Gasteiger partial charge is 0.306 e. The first-order valence-electron chi connectivity index (χ1n) is 13.1. The Kier molecular flexibility index (Phi) is 5.03. The first-order valence-corrected chi connectivity index (χ1v) is 13.9. The highest BCUT2D eigenvalue weighted by molar-refractivity contribution is 7.26. The van der Waals surface area contributed by atoms with E-state index in [2.05, 4.69) is 83.4 Å². The summed E-state index contributed by atoms with van der Waals surface area (Å²) in [6.07, 6.45) is 0. The Morgan fingerprint density at radius 3 is 2.23 bits per heavy atom. The molecule has 0 saturated heterocycles. The monoisotopic (exact) mass is 528 g/mol. The highest BCUT2D eigenvalue weighted by atomic mass is 32.1. The molecule has 0 aliphatic rings. The number of nitrogens with zero attached hydrogens (tertiary/aromatic N) is 4. The van der Waals surface area contributed by atoms with Crippen LogP contribution in [-0.4, -0.2) is 14.5 Å². The number of benzene rings is 5. The maximum absolute atomic E-state index is 10.2. The highest BCUT2D eigenvalue weighted by Crippen LogP contribution is 2.43. The van der Waals surface area contributed by atoms with Crippen LogP contribution in [-0.2, 0) is 0 Å². The maximum Gasteiger partial charge on any atom is 0.160 e. The molecule has 0 aliphatic carbocycles. The number of para-hydroxylation sites is 2. The van der Waals surface area contributed by atoms with E-state index in [-0.39, 0.29) is 0 Å². The summed E-state index contributed by atoms with van der Waals surface area (Å²) < 4.78 is 4.69. The Balaban J connectivity index is 1.43. The minimum Gasteiger partial charge on any atom is -0.306 e. The average molecular weight is 529 g/mol. The molecule has 8 aromatic rings. The van der Waals surface area contributed by atoms with Gasteiger partial charge in [0.1, 0.15) is 6.07 Å². The van der Waals surface area contributed by atoms with E-state index < -0.39 is 0 Å². The highest BCUT2D eigenvalue weighted by Gasteiger charge is 2.20. The van der Waals surface area contributed by atoms with Crippen molar-refractivity contribution in [1.82, 2.24) is 14.5 Å². The summed E-state index contributed by atoms with van der Waals surface area (Å²) in [6, 6.07) is 43.6. The van der Waals surface area contributed by atoms with Crippen LogP contribution in [0.3, 0.4) is 0 Å². The fraction of sp³-hybridized carbons (Fsp3) is 0. The van der Waals surface area contributed by atoms with Crippen molar-refractivity contribution in [2.45, 2.75) is 0 Å². The van der Waals surface area contributed by atoms with Gasteiger partial charge in [-0.2, -0.15) is 5.26 Å². The number of hydrogen-bond donors (Lipinski definition) is 0.